The van der Waals surface area contributed by atoms with E-state index in [0.29, 0.717) is 63.8 Å². The summed E-state index contributed by atoms with van der Waals surface area (Å²) in [5.74, 6) is 1.47. The topological polar surface area (TPSA) is 96.7 Å². The molecule has 0 N–H and O–H groups in total. The van der Waals surface area contributed by atoms with Gasteiger partial charge in [-0.1, -0.05) is 41.5 Å². The maximum absolute atomic E-state index is 13.2. The van der Waals surface area contributed by atoms with Gasteiger partial charge in [0.15, 0.2) is 6.61 Å². The molecule has 182 valence electrons. The minimum atomic E-state index is -0.0460. The number of ether oxygens (including phenoxy) is 1. The predicted octanol–water partition coefficient (Wildman–Crippen LogP) is 1.63. The van der Waals surface area contributed by atoms with Crippen molar-refractivity contribution in [3.05, 3.63) is 60.7 Å². The summed E-state index contributed by atoms with van der Waals surface area (Å²) in [5.41, 5.74) is 0.904. The first-order valence-electron chi connectivity index (χ1n) is 12.0. The molecule has 2 saturated heterocycles. The number of tetrazole rings is 1. The van der Waals surface area contributed by atoms with Crippen LogP contribution in [0.3, 0.4) is 0 Å². The Morgan fingerprint density at radius 1 is 0.829 bits per heavy atom. The zero-order valence-electron chi connectivity index (χ0n) is 19.6. The Morgan fingerprint density at radius 3 is 2.17 bits per heavy atom. The van der Waals surface area contributed by atoms with Crippen LogP contribution in [-0.4, -0.2) is 87.7 Å². The van der Waals surface area contributed by atoms with Gasteiger partial charge in [-0.25, -0.2) is 0 Å². The lowest BCUT2D eigenvalue weighted by atomic mass is 9.95. The van der Waals surface area contributed by atoms with Gasteiger partial charge in [-0.2, -0.15) is 4.68 Å². The van der Waals surface area contributed by atoms with Gasteiger partial charge in [0.2, 0.25) is 11.9 Å². The zero-order valence-corrected chi connectivity index (χ0v) is 19.6. The summed E-state index contributed by atoms with van der Waals surface area (Å²) in [6.07, 6.45) is 1.37. The summed E-state index contributed by atoms with van der Waals surface area (Å²) in [5, 5.41) is 12.2. The Kier molecular flexibility index (Phi) is 6.87. The predicted molar refractivity (Wildman–Crippen MR) is 129 cm³/mol. The van der Waals surface area contributed by atoms with Gasteiger partial charge in [0.05, 0.1) is 5.69 Å². The first kappa shape index (κ1) is 22.8. The molecule has 2 aliphatic heterocycles. The minimum Gasteiger partial charge on any atom is -0.484 e. The molecule has 2 aromatic carbocycles. The summed E-state index contributed by atoms with van der Waals surface area (Å²) in [6, 6.07) is 19.1. The number of likely N-dealkylation sites (tertiary alicyclic amines) is 1. The smallest absolute Gasteiger partial charge is 0.260 e. The Morgan fingerprint density at radius 2 is 1.49 bits per heavy atom. The monoisotopic (exact) mass is 475 g/mol. The molecule has 2 aliphatic rings. The van der Waals surface area contributed by atoms with Gasteiger partial charge in [0.1, 0.15) is 5.75 Å². The second-order valence-electron chi connectivity index (χ2n) is 8.80. The van der Waals surface area contributed by atoms with E-state index in [-0.39, 0.29) is 24.3 Å². The molecule has 0 atom stereocenters. The van der Waals surface area contributed by atoms with Crippen molar-refractivity contribution in [1.82, 2.24) is 30.0 Å². The number of para-hydroxylation sites is 2. The first-order valence-corrected chi connectivity index (χ1v) is 12.0. The molecule has 2 amide bonds. The summed E-state index contributed by atoms with van der Waals surface area (Å²) in [4.78, 5) is 31.5. The molecular weight excluding hydrogens is 446 g/mol. The van der Waals surface area contributed by atoms with Crippen LogP contribution in [0.25, 0.3) is 5.69 Å². The molecule has 0 aliphatic carbocycles. The van der Waals surface area contributed by atoms with E-state index >= 15 is 0 Å². The van der Waals surface area contributed by atoms with Gasteiger partial charge in [-0.15, -0.1) is 0 Å². The van der Waals surface area contributed by atoms with Crippen molar-refractivity contribution in [1.29, 1.82) is 0 Å². The third-order valence-electron chi connectivity index (χ3n) is 6.63. The molecule has 0 bridgehead atoms. The fourth-order valence-electron chi connectivity index (χ4n) is 4.63. The molecule has 0 radical (unpaired) electrons. The standard InChI is InChI=1S/C25H29N7O3/c33-23(19-35-22-9-5-2-6-10-22)29-13-11-20(12-14-29)24(34)30-15-17-31(18-16-30)25-26-27-28-32(25)21-7-3-1-4-8-21/h1-10,20H,11-19H2. The highest BCUT2D eigenvalue weighted by Crippen LogP contribution is 2.22. The number of anilines is 1. The molecule has 0 saturated carbocycles. The molecule has 35 heavy (non-hydrogen) atoms. The van der Waals surface area contributed by atoms with E-state index in [1.165, 1.54) is 0 Å². The van der Waals surface area contributed by atoms with Crippen molar-refractivity contribution in [2.45, 2.75) is 12.8 Å². The van der Waals surface area contributed by atoms with E-state index < -0.39 is 0 Å². The number of hydrogen-bond acceptors (Lipinski definition) is 7. The normalized spacial score (nSPS) is 16.9. The highest BCUT2D eigenvalue weighted by Gasteiger charge is 2.32. The number of rotatable bonds is 6. The molecule has 3 heterocycles. The van der Waals surface area contributed by atoms with Gasteiger partial charge >= 0.3 is 0 Å². The van der Waals surface area contributed by atoms with Crippen LogP contribution in [0.4, 0.5) is 5.95 Å². The second-order valence-corrected chi connectivity index (χ2v) is 8.80. The van der Waals surface area contributed by atoms with Gasteiger partial charge in [-0.3, -0.25) is 9.59 Å². The maximum atomic E-state index is 13.2. The van der Waals surface area contributed by atoms with E-state index in [0.717, 1.165) is 5.69 Å². The van der Waals surface area contributed by atoms with Crippen molar-refractivity contribution >= 4 is 17.8 Å². The number of benzene rings is 2. The van der Waals surface area contributed by atoms with Crippen molar-refractivity contribution in [3.63, 3.8) is 0 Å². The first-order chi connectivity index (χ1) is 17.2. The Labute approximate surface area is 204 Å². The highest BCUT2D eigenvalue weighted by molar-refractivity contribution is 5.81. The fourth-order valence-corrected chi connectivity index (χ4v) is 4.63. The number of piperidine rings is 1. The summed E-state index contributed by atoms with van der Waals surface area (Å²) in [7, 11) is 0. The lowest BCUT2D eigenvalue weighted by molar-refractivity contribution is -0.141. The van der Waals surface area contributed by atoms with Crippen LogP contribution >= 0.6 is 0 Å². The number of aromatic nitrogens is 4. The van der Waals surface area contributed by atoms with Crippen LogP contribution in [-0.2, 0) is 9.59 Å². The van der Waals surface area contributed by atoms with Crippen LogP contribution in [0, 0.1) is 5.92 Å². The Bertz CT molecular complexity index is 1120. The van der Waals surface area contributed by atoms with Crippen molar-refractivity contribution in [2.24, 2.45) is 5.92 Å². The van der Waals surface area contributed by atoms with Crippen LogP contribution in [0.5, 0.6) is 5.75 Å². The summed E-state index contributed by atoms with van der Waals surface area (Å²) < 4.78 is 7.31. The van der Waals surface area contributed by atoms with E-state index in [1.807, 2.05) is 65.6 Å². The highest BCUT2D eigenvalue weighted by atomic mass is 16.5. The van der Waals surface area contributed by atoms with Gasteiger partial charge in [-0.05, 0) is 47.5 Å². The van der Waals surface area contributed by atoms with Crippen molar-refractivity contribution in [3.8, 4) is 11.4 Å². The van der Waals surface area contributed by atoms with Crippen molar-refractivity contribution in [2.75, 3.05) is 50.8 Å². The minimum absolute atomic E-state index is 0.0209. The van der Waals surface area contributed by atoms with E-state index in [2.05, 4.69) is 20.4 Å². The number of carbonyl (C=O) groups excluding carboxylic acids is 2. The van der Waals surface area contributed by atoms with E-state index in [1.54, 1.807) is 9.58 Å². The molecule has 2 fully saturated rings. The molecule has 10 nitrogen and oxygen atoms in total. The lowest BCUT2D eigenvalue weighted by Gasteiger charge is -2.38. The lowest BCUT2D eigenvalue weighted by Crippen LogP contribution is -2.52. The number of nitrogens with zero attached hydrogens (tertiary/aromatic N) is 7. The maximum Gasteiger partial charge on any atom is 0.260 e. The van der Waals surface area contributed by atoms with Crippen LogP contribution in [0.2, 0.25) is 0 Å². The van der Waals surface area contributed by atoms with E-state index in [9.17, 15) is 9.59 Å². The average Bonchev–Trinajstić information content (AvgIpc) is 3.43. The zero-order chi connectivity index (χ0) is 24.0. The number of piperazine rings is 1. The van der Waals surface area contributed by atoms with Gasteiger partial charge in [0.25, 0.3) is 5.91 Å². The van der Waals surface area contributed by atoms with Crippen LogP contribution in [0.1, 0.15) is 12.8 Å². The summed E-state index contributed by atoms with van der Waals surface area (Å²) in [6.45, 7) is 3.79. The van der Waals surface area contributed by atoms with Crippen molar-refractivity contribution < 1.29 is 14.3 Å². The summed E-state index contributed by atoms with van der Waals surface area (Å²) >= 11 is 0. The molecule has 1 aromatic heterocycles. The molecule has 5 rings (SSSR count). The molecule has 3 aromatic rings. The average molecular weight is 476 g/mol. The second kappa shape index (κ2) is 10.5. The molecule has 10 heteroatoms. The van der Waals surface area contributed by atoms with Crippen LogP contribution < -0.4 is 9.64 Å². The number of carbonyl (C=O) groups is 2. The molecule has 0 spiro atoms. The van der Waals surface area contributed by atoms with Gasteiger partial charge in [0, 0.05) is 45.2 Å². The van der Waals surface area contributed by atoms with Gasteiger partial charge < -0.3 is 19.4 Å². The van der Waals surface area contributed by atoms with Crippen LogP contribution in [0.15, 0.2) is 60.7 Å². The Hall–Kier alpha value is -3.95. The number of amides is 2. The fraction of sp³-hybridized carbons (Fsp3) is 0.400. The SMILES string of the molecule is O=C(COc1ccccc1)N1CCC(C(=O)N2CCN(c3nnnn3-c3ccccc3)CC2)CC1. The quantitative estimate of drug-likeness (QED) is 0.535. The Balaban J connectivity index is 1.09. The molecule has 0 unspecified atom stereocenters. The third kappa shape index (κ3) is 5.26. The molecular formula is C25H29N7O3. The van der Waals surface area contributed by atoms with E-state index in [4.69, 9.17) is 4.74 Å². The number of hydrogen-bond donors (Lipinski definition) is 0. The third-order valence-corrected chi connectivity index (χ3v) is 6.63. The largest absolute Gasteiger partial charge is 0.484 e.